The lowest BCUT2D eigenvalue weighted by molar-refractivity contribution is 0.0136. The van der Waals surface area contributed by atoms with Crippen LogP contribution >= 0.6 is 0 Å². The van der Waals surface area contributed by atoms with Crippen LogP contribution < -0.4 is 0 Å². The first-order valence-corrected chi connectivity index (χ1v) is 6.61. The van der Waals surface area contributed by atoms with E-state index >= 15 is 0 Å². The highest BCUT2D eigenvalue weighted by molar-refractivity contribution is 5.88. The number of fused-ring (bicyclic) bond motifs is 1. The van der Waals surface area contributed by atoms with E-state index in [1.807, 2.05) is 27.7 Å². The summed E-state index contributed by atoms with van der Waals surface area (Å²) in [6, 6.07) is -0.0187. The maximum atomic E-state index is 12.2. The molecule has 6 nitrogen and oxygen atoms in total. The molecule has 0 saturated heterocycles. The fourth-order valence-electron chi connectivity index (χ4n) is 2.37. The third kappa shape index (κ3) is 2.79. The van der Waals surface area contributed by atoms with Crippen molar-refractivity contribution in [3.05, 3.63) is 23.0 Å². The molecule has 110 valence electrons. The SMILES string of the molecule is C[C@@H]1Cc2c[nH]c(C(=O)O)c2CN1C(=O)OC(C)(C)C. The molecule has 0 radical (unpaired) electrons. The Morgan fingerprint density at radius 3 is 2.65 bits per heavy atom. The third-order valence-corrected chi connectivity index (χ3v) is 3.30. The Morgan fingerprint density at radius 2 is 2.10 bits per heavy atom. The largest absolute Gasteiger partial charge is 0.477 e. The number of hydrogen-bond donors (Lipinski definition) is 2. The van der Waals surface area contributed by atoms with E-state index in [0.717, 1.165) is 5.56 Å². The van der Waals surface area contributed by atoms with Gasteiger partial charge in [-0.2, -0.15) is 0 Å². The van der Waals surface area contributed by atoms with Crippen molar-refractivity contribution in [3.8, 4) is 0 Å². The van der Waals surface area contributed by atoms with Crippen molar-refractivity contribution in [2.45, 2.75) is 52.3 Å². The van der Waals surface area contributed by atoms with E-state index in [2.05, 4.69) is 4.98 Å². The lowest BCUT2D eigenvalue weighted by Gasteiger charge is -2.35. The summed E-state index contributed by atoms with van der Waals surface area (Å²) in [5.41, 5.74) is 1.21. The molecule has 1 aliphatic heterocycles. The van der Waals surface area contributed by atoms with Crippen molar-refractivity contribution in [2.24, 2.45) is 0 Å². The summed E-state index contributed by atoms with van der Waals surface area (Å²) >= 11 is 0. The number of ether oxygens (including phenoxy) is 1. The number of hydrogen-bond acceptors (Lipinski definition) is 3. The maximum Gasteiger partial charge on any atom is 0.410 e. The molecule has 0 bridgehead atoms. The number of aromatic carboxylic acids is 1. The zero-order valence-electron chi connectivity index (χ0n) is 12.2. The molecule has 1 aliphatic rings. The van der Waals surface area contributed by atoms with Crippen LogP contribution in [0.1, 0.15) is 49.3 Å². The molecular weight excluding hydrogens is 260 g/mol. The van der Waals surface area contributed by atoms with Gasteiger partial charge in [0.2, 0.25) is 0 Å². The van der Waals surface area contributed by atoms with Crippen molar-refractivity contribution >= 4 is 12.1 Å². The average Bonchev–Trinajstić information content (AvgIpc) is 2.67. The van der Waals surface area contributed by atoms with E-state index < -0.39 is 17.7 Å². The molecule has 0 spiro atoms. The van der Waals surface area contributed by atoms with Crippen LogP contribution in [0.3, 0.4) is 0 Å². The van der Waals surface area contributed by atoms with Crippen LogP contribution in [-0.4, -0.2) is 38.7 Å². The van der Waals surface area contributed by atoms with Gasteiger partial charge in [0.1, 0.15) is 11.3 Å². The summed E-state index contributed by atoms with van der Waals surface area (Å²) in [7, 11) is 0. The number of amides is 1. The fraction of sp³-hybridized carbons (Fsp3) is 0.571. The van der Waals surface area contributed by atoms with E-state index in [1.54, 1.807) is 11.1 Å². The minimum atomic E-state index is -1.01. The molecule has 0 saturated carbocycles. The van der Waals surface area contributed by atoms with Crippen molar-refractivity contribution in [1.82, 2.24) is 9.88 Å². The highest BCUT2D eigenvalue weighted by Crippen LogP contribution is 2.27. The molecule has 0 aliphatic carbocycles. The Kier molecular flexibility index (Phi) is 3.50. The fourth-order valence-corrected chi connectivity index (χ4v) is 2.37. The van der Waals surface area contributed by atoms with Crippen molar-refractivity contribution in [3.63, 3.8) is 0 Å². The van der Waals surface area contributed by atoms with Gasteiger partial charge >= 0.3 is 12.1 Å². The highest BCUT2D eigenvalue weighted by Gasteiger charge is 2.33. The number of aromatic amines is 1. The molecule has 0 fully saturated rings. The summed E-state index contributed by atoms with van der Waals surface area (Å²) < 4.78 is 5.37. The summed E-state index contributed by atoms with van der Waals surface area (Å²) in [5, 5.41) is 9.14. The second-order valence-electron chi connectivity index (χ2n) is 6.13. The maximum absolute atomic E-state index is 12.2. The standard InChI is InChI=1S/C14H20N2O4/c1-8-5-9-6-15-11(12(17)18)10(9)7-16(8)13(19)20-14(2,3)4/h6,8,15H,5,7H2,1-4H3,(H,17,18)/t8-/m1/s1. The molecule has 2 N–H and O–H groups in total. The van der Waals surface area contributed by atoms with E-state index in [9.17, 15) is 9.59 Å². The van der Waals surface area contributed by atoms with Gasteiger partial charge in [-0.05, 0) is 39.7 Å². The molecular formula is C14H20N2O4. The van der Waals surface area contributed by atoms with Gasteiger partial charge in [-0.3, -0.25) is 0 Å². The van der Waals surface area contributed by atoms with E-state index in [4.69, 9.17) is 9.84 Å². The van der Waals surface area contributed by atoms with Crippen LogP contribution in [0, 0.1) is 0 Å². The summed E-state index contributed by atoms with van der Waals surface area (Å²) in [6.07, 6.45) is 1.92. The summed E-state index contributed by atoms with van der Waals surface area (Å²) in [5.74, 6) is -1.01. The van der Waals surface area contributed by atoms with Crippen LogP contribution in [0.15, 0.2) is 6.20 Å². The van der Waals surface area contributed by atoms with Gasteiger partial charge in [0, 0.05) is 17.8 Å². The van der Waals surface area contributed by atoms with Crippen molar-refractivity contribution in [2.75, 3.05) is 0 Å². The molecule has 6 heteroatoms. The number of rotatable bonds is 1. The Morgan fingerprint density at radius 1 is 1.45 bits per heavy atom. The number of H-pyrrole nitrogens is 1. The predicted molar refractivity (Wildman–Crippen MR) is 72.7 cm³/mol. The topological polar surface area (TPSA) is 82.6 Å². The number of carbonyl (C=O) groups excluding carboxylic acids is 1. The van der Waals surface area contributed by atoms with Gasteiger partial charge in [-0.15, -0.1) is 0 Å². The minimum Gasteiger partial charge on any atom is -0.477 e. The van der Waals surface area contributed by atoms with E-state index in [0.29, 0.717) is 12.0 Å². The Hall–Kier alpha value is -1.98. The van der Waals surface area contributed by atoms with Gasteiger partial charge in [0.25, 0.3) is 0 Å². The van der Waals surface area contributed by atoms with Crippen LogP contribution in [0.25, 0.3) is 0 Å². The molecule has 2 rings (SSSR count). The van der Waals surface area contributed by atoms with Crippen LogP contribution in [-0.2, 0) is 17.7 Å². The van der Waals surface area contributed by atoms with Crippen LogP contribution in [0.2, 0.25) is 0 Å². The normalized spacial score (nSPS) is 18.6. The van der Waals surface area contributed by atoms with Gasteiger partial charge in [0.15, 0.2) is 0 Å². The third-order valence-electron chi connectivity index (χ3n) is 3.30. The van der Waals surface area contributed by atoms with Gasteiger partial charge in [-0.25, -0.2) is 9.59 Å². The lowest BCUT2D eigenvalue weighted by atomic mass is 9.97. The van der Waals surface area contributed by atoms with Crippen molar-refractivity contribution in [1.29, 1.82) is 0 Å². The molecule has 1 atom stereocenters. The van der Waals surface area contributed by atoms with Gasteiger partial charge in [0.05, 0.1) is 6.54 Å². The zero-order chi connectivity index (χ0) is 15.1. The number of nitrogens with one attached hydrogen (secondary N) is 1. The Bertz CT molecular complexity index is 542. The lowest BCUT2D eigenvalue weighted by Crippen LogP contribution is -2.45. The van der Waals surface area contributed by atoms with Crippen molar-refractivity contribution < 1.29 is 19.4 Å². The smallest absolute Gasteiger partial charge is 0.410 e. The molecule has 20 heavy (non-hydrogen) atoms. The van der Waals surface area contributed by atoms with Crippen LogP contribution in [0.4, 0.5) is 4.79 Å². The first-order valence-electron chi connectivity index (χ1n) is 6.61. The zero-order valence-corrected chi connectivity index (χ0v) is 12.2. The quantitative estimate of drug-likeness (QED) is 0.827. The van der Waals surface area contributed by atoms with Gasteiger partial charge < -0.3 is 19.7 Å². The highest BCUT2D eigenvalue weighted by atomic mass is 16.6. The number of carboxylic acid groups (broad SMARTS) is 1. The van der Waals surface area contributed by atoms with Crippen LogP contribution in [0.5, 0.6) is 0 Å². The second-order valence-corrected chi connectivity index (χ2v) is 6.13. The average molecular weight is 280 g/mol. The molecule has 1 aromatic rings. The Balaban J connectivity index is 2.24. The number of carbonyl (C=O) groups is 2. The molecule has 1 aromatic heterocycles. The number of carboxylic acids is 1. The first-order chi connectivity index (χ1) is 9.19. The summed E-state index contributed by atoms with van der Waals surface area (Å²) in [6.45, 7) is 7.62. The predicted octanol–water partition coefficient (Wildman–Crippen LogP) is 2.39. The first kappa shape index (κ1) is 14.4. The summed E-state index contributed by atoms with van der Waals surface area (Å²) in [4.78, 5) is 27.7. The monoisotopic (exact) mass is 280 g/mol. The molecule has 2 heterocycles. The molecule has 0 aromatic carbocycles. The minimum absolute atomic E-state index is 0.0187. The van der Waals surface area contributed by atoms with E-state index in [1.165, 1.54) is 0 Å². The van der Waals surface area contributed by atoms with E-state index in [-0.39, 0.29) is 18.3 Å². The number of aromatic nitrogens is 1. The second kappa shape index (κ2) is 4.85. The molecule has 0 unspecified atom stereocenters. The van der Waals surface area contributed by atoms with Gasteiger partial charge in [-0.1, -0.05) is 0 Å². The Labute approximate surface area is 117 Å². The number of nitrogens with zero attached hydrogens (tertiary/aromatic N) is 1. The molecule has 1 amide bonds.